The molecule has 0 aromatic rings. The maximum atomic E-state index is 10.3. The Bertz CT molecular complexity index is 139. The van der Waals surface area contributed by atoms with E-state index in [1.54, 1.807) is 0 Å². The Morgan fingerprint density at radius 3 is 2.36 bits per heavy atom. The number of hydrogen-bond acceptors (Lipinski definition) is 3. The predicted octanol–water partition coefficient (Wildman–Crippen LogP) is 1.37. The van der Waals surface area contributed by atoms with Crippen LogP contribution in [0.1, 0.15) is 25.7 Å². The molecule has 0 atom stereocenters. The minimum absolute atomic E-state index is 0.184. The van der Waals surface area contributed by atoms with E-state index in [1.807, 2.05) is 0 Å². The van der Waals surface area contributed by atoms with Crippen molar-refractivity contribution in [2.45, 2.75) is 31.8 Å². The molecule has 0 aliphatic heterocycles. The number of nitrogens with one attached hydrogen (secondary N) is 1. The fourth-order valence-corrected chi connectivity index (χ4v) is 1.46. The van der Waals surface area contributed by atoms with Crippen LogP contribution >= 0.6 is 0 Å². The van der Waals surface area contributed by atoms with E-state index in [2.05, 4.69) is 0 Å². The van der Waals surface area contributed by atoms with Crippen molar-refractivity contribution in [3.63, 3.8) is 0 Å². The van der Waals surface area contributed by atoms with Gasteiger partial charge in [-0.25, -0.2) is 0 Å². The van der Waals surface area contributed by atoms with Gasteiger partial charge in [0.2, 0.25) is 0 Å². The number of ether oxygens (including phenoxy) is 1. The fraction of sp³-hybridized carbons (Fsp3) is 0.750. The van der Waals surface area contributed by atoms with Crippen molar-refractivity contribution in [2.75, 3.05) is 0 Å². The first-order valence-corrected chi connectivity index (χ1v) is 3.96. The molecule has 1 aliphatic rings. The molecule has 0 saturated heterocycles. The highest BCUT2D eigenvalue weighted by atomic mass is 16.5. The second-order valence-corrected chi connectivity index (χ2v) is 2.93. The van der Waals surface area contributed by atoms with Gasteiger partial charge in [-0.05, 0) is 25.7 Å². The lowest BCUT2D eigenvalue weighted by atomic mass is 9.88. The predicted molar refractivity (Wildman–Crippen MR) is 41.7 cm³/mol. The Morgan fingerprint density at radius 2 is 1.91 bits per heavy atom. The van der Waals surface area contributed by atoms with E-state index < -0.39 is 0 Å². The van der Waals surface area contributed by atoms with Gasteiger partial charge in [-0.3, -0.25) is 5.41 Å². The quantitative estimate of drug-likeness (QED) is 0.380. The zero-order valence-corrected chi connectivity index (χ0v) is 6.45. The van der Waals surface area contributed by atoms with E-state index in [0.717, 1.165) is 38.4 Å². The average molecular weight is 155 g/mol. The normalized spacial score (nSPS) is 30.9. The first-order chi connectivity index (χ1) is 5.36. The van der Waals surface area contributed by atoms with Crippen LogP contribution in [-0.4, -0.2) is 18.8 Å². The summed E-state index contributed by atoms with van der Waals surface area (Å²) in [6.07, 6.45) is 5.87. The molecule has 0 aromatic carbocycles. The second kappa shape index (κ2) is 4.11. The fourth-order valence-electron chi connectivity index (χ4n) is 1.46. The van der Waals surface area contributed by atoms with Crippen LogP contribution in [0.4, 0.5) is 0 Å². The lowest BCUT2D eigenvalue weighted by Crippen LogP contribution is -2.21. The molecule has 1 rings (SSSR count). The van der Waals surface area contributed by atoms with Crippen LogP contribution in [0, 0.1) is 11.3 Å². The van der Waals surface area contributed by atoms with Crippen LogP contribution in [0.5, 0.6) is 0 Å². The van der Waals surface area contributed by atoms with Gasteiger partial charge in [-0.2, -0.15) is 0 Å². The summed E-state index contributed by atoms with van der Waals surface area (Å²) in [7, 11) is 0. The summed E-state index contributed by atoms with van der Waals surface area (Å²) in [6, 6.07) is 0. The summed E-state index contributed by atoms with van der Waals surface area (Å²) in [5.41, 5.74) is 0. The van der Waals surface area contributed by atoms with Crippen LogP contribution in [0.2, 0.25) is 0 Å². The highest BCUT2D eigenvalue weighted by Crippen LogP contribution is 2.23. The van der Waals surface area contributed by atoms with Crippen molar-refractivity contribution in [1.29, 1.82) is 5.41 Å². The van der Waals surface area contributed by atoms with E-state index in [0.29, 0.717) is 0 Å². The molecule has 0 bridgehead atoms. The molecule has 1 fully saturated rings. The summed E-state index contributed by atoms with van der Waals surface area (Å²) < 4.78 is 5.00. The molecule has 3 heteroatoms. The lowest BCUT2D eigenvalue weighted by Gasteiger charge is -2.23. The third-order valence-corrected chi connectivity index (χ3v) is 2.17. The van der Waals surface area contributed by atoms with Crippen LogP contribution in [-0.2, 0) is 9.53 Å². The second-order valence-electron chi connectivity index (χ2n) is 2.93. The van der Waals surface area contributed by atoms with Gasteiger partial charge in [0.1, 0.15) is 6.29 Å². The van der Waals surface area contributed by atoms with Crippen LogP contribution in [0.25, 0.3) is 0 Å². The van der Waals surface area contributed by atoms with Gasteiger partial charge in [0, 0.05) is 5.92 Å². The van der Waals surface area contributed by atoms with E-state index in [4.69, 9.17) is 10.1 Å². The zero-order chi connectivity index (χ0) is 8.10. The minimum Gasteiger partial charge on any atom is -0.481 e. The Balaban J connectivity index is 2.23. The molecular weight excluding hydrogens is 142 g/mol. The Labute approximate surface area is 66.2 Å². The van der Waals surface area contributed by atoms with Gasteiger partial charge in [0.05, 0.1) is 6.10 Å². The topological polar surface area (TPSA) is 50.1 Å². The highest BCUT2D eigenvalue weighted by molar-refractivity contribution is 5.53. The van der Waals surface area contributed by atoms with Crippen molar-refractivity contribution in [3.05, 3.63) is 0 Å². The maximum absolute atomic E-state index is 10.3. The average Bonchev–Trinajstić information content (AvgIpc) is 2.07. The van der Waals surface area contributed by atoms with Crippen molar-refractivity contribution in [2.24, 2.45) is 5.92 Å². The van der Waals surface area contributed by atoms with Crippen LogP contribution in [0.15, 0.2) is 0 Å². The number of rotatable bonds is 3. The molecule has 0 amide bonds. The highest BCUT2D eigenvalue weighted by Gasteiger charge is 2.20. The molecule has 0 radical (unpaired) electrons. The lowest BCUT2D eigenvalue weighted by molar-refractivity contribution is -0.112. The number of carbonyl (C=O) groups is 1. The Morgan fingerprint density at radius 1 is 1.27 bits per heavy atom. The van der Waals surface area contributed by atoms with E-state index in [1.165, 1.54) is 0 Å². The molecule has 62 valence electrons. The van der Waals surface area contributed by atoms with Crippen molar-refractivity contribution < 1.29 is 9.53 Å². The first kappa shape index (κ1) is 8.24. The van der Waals surface area contributed by atoms with E-state index >= 15 is 0 Å². The summed E-state index contributed by atoms with van der Waals surface area (Å²) in [6.45, 7) is 0. The van der Waals surface area contributed by atoms with Gasteiger partial charge in [0.25, 0.3) is 0 Å². The third kappa shape index (κ3) is 2.33. The van der Waals surface area contributed by atoms with Crippen molar-refractivity contribution >= 4 is 12.7 Å². The molecule has 1 aliphatic carbocycles. The minimum atomic E-state index is 0.184. The summed E-state index contributed by atoms with van der Waals surface area (Å²) in [5, 5.41) is 6.72. The van der Waals surface area contributed by atoms with Crippen LogP contribution < -0.4 is 0 Å². The molecule has 1 saturated carbocycles. The standard InChI is InChI=1S/C8H13NO2/c9-6-11-8-3-1-7(5-10)2-4-8/h5-9H,1-4H2. The molecule has 0 unspecified atom stereocenters. The number of aldehydes is 1. The molecule has 0 heterocycles. The van der Waals surface area contributed by atoms with Gasteiger partial charge in [-0.15, -0.1) is 0 Å². The van der Waals surface area contributed by atoms with E-state index in [9.17, 15) is 4.79 Å². The Kier molecular flexibility index (Phi) is 3.08. The third-order valence-electron chi connectivity index (χ3n) is 2.17. The molecule has 11 heavy (non-hydrogen) atoms. The van der Waals surface area contributed by atoms with E-state index in [-0.39, 0.29) is 12.0 Å². The van der Waals surface area contributed by atoms with Crippen molar-refractivity contribution in [1.82, 2.24) is 0 Å². The molecule has 0 spiro atoms. The largest absolute Gasteiger partial charge is 0.481 e. The zero-order valence-electron chi connectivity index (χ0n) is 6.45. The summed E-state index contributed by atoms with van der Waals surface area (Å²) in [5.74, 6) is 0.237. The molecule has 1 N–H and O–H groups in total. The molecule has 0 aromatic heterocycles. The Hall–Kier alpha value is -0.860. The molecule has 3 nitrogen and oxygen atoms in total. The number of carbonyl (C=O) groups excluding carboxylic acids is 1. The smallest absolute Gasteiger partial charge is 0.167 e. The maximum Gasteiger partial charge on any atom is 0.167 e. The summed E-state index contributed by atoms with van der Waals surface area (Å²) >= 11 is 0. The van der Waals surface area contributed by atoms with Crippen molar-refractivity contribution in [3.8, 4) is 0 Å². The van der Waals surface area contributed by atoms with Gasteiger partial charge >= 0.3 is 0 Å². The first-order valence-electron chi connectivity index (χ1n) is 3.96. The molecular formula is C8H13NO2. The van der Waals surface area contributed by atoms with Gasteiger partial charge < -0.3 is 9.53 Å². The summed E-state index contributed by atoms with van der Waals surface area (Å²) in [4.78, 5) is 10.3. The number of hydrogen-bond donors (Lipinski definition) is 1. The van der Waals surface area contributed by atoms with Crippen LogP contribution in [0.3, 0.4) is 0 Å². The van der Waals surface area contributed by atoms with Gasteiger partial charge in [0.15, 0.2) is 6.40 Å². The van der Waals surface area contributed by atoms with Gasteiger partial charge in [-0.1, -0.05) is 0 Å². The SMILES string of the molecule is N=COC1CCC(C=O)CC1. The monoisotopic (exact) mass is 155 g/mol.